The van der Waals surface area contributed by atoms with Crippen LogP contribution >= 0.6 is 0 Å². The van der Waals surface area contributed by atoms with Crippen LogP contribution in [0.5, 0.6) is 0 Å². The molecule has 1 atom stereocenters. The molecule has 2 amide bonds. The molecule has 1 rings (SSSR count). The molecule has 0 aromatic heterocycles. The first-order valence-electron chi connectivity index (χ1n) is 5.96. The smallest absolute Gasteiger partial charge is 0.246 e. The van der Waals surface area contributed by atoms with E-state index in [1.807, 2.05) is 13.8 Å². The summed E-state index contributed by atoms with van der Waals surface area (Å²) in [7, 11) is 3.22. The van der Waals surface area contributed by atoms with E-state index < -0.39 is 0 Å². The molecule has 5 nitrogen and oxygen atoms in total. The number of hydrogen-bond acceptors (Lipinski definition) is 4. The van der Waals surface area contributed by atoms with Gasteiger partial charge >= 0.3 is 0 Å². The Bertz CT molecular complexity index is 302. The summed E-state index contributed by atoms with van der Waals surface area (Å²) in [4.78, 5) is 24.3. The summed E-state index contributed by atoms with van der Waals surface area (Å²) in [6.07, 6.45) is 1.86. The Morgan fingerprint density at radius 2 is 2.12 bits per heavy atom. The Balaban J connectivity index is 2.38. The topological polar surface area (TPSA) is 58.6 Å². The van der Waals surface area contributed by atoms with Gasteiger partial charge in [0.2, 0.25) is 11.8 Å². The molecule has 0 aromatic carbocycles. The second-order valence-electron chi connectivity index (χ2n) is 5.05. The highest BCUT2D eigenvalue weighted by atomic mass is 16.5. The summed E-state index contributed by atoms with van der Waals surface area (Å²) in [6.45, 7) is 4.72. The molecule has 1 aliphatic heterocycles. The molecule has 5 heteroatoms. The molecule has 1 unspecified atom stereocenters. The zero-order valence-electron chi connectivity index (χ0n) is 11.1. The third-order valence-corrected chi connectivity index (χ3v) is 3.32. The van der Waals surface area contributed by atoms with Gasteiger partial charge < -0.3 is 10.1 Å². The largest absolute Gasteiger partial charge is 0.379 e. The van der Waals surface area contributed by atoms with Crippen LogP contribution in [0.4, 0.5) is 0 Å². The number of nitrogens with one attached hydrogen (secondary N) is 1. The fraction of sp³-hybridized carbons (Fsp3) is 0.833. The Morgan fingerprint density at radius 3 is 2.71 bits per heavy atom. The molecule has 0 aromatic rings. The average Bonchev–Trinajstić information content (AvgIpc) is 2.29. The molecule has 1 N–H and O–H groups in total. The lowest BCUT2D eigenvalue weighted by Gasteiger charge is -2.29. The Labute approximate surface area is 102 Å². The lowest BCUT2D eigenvalue weighted by Crippen LogP contribution is -2.52. The van der Waals surface area contributed by atoms with Crippen LogP contribution in [-0.2, 0) is 14.3 Å². The number of hydrogen-bond donors (Lipinski definition) is 1. The lowest BCUT2D eigenvalue weighted by atomic mass is 10.0. The monoisotopic (exact) mass is 242 g/mol. The van der Waals surface area contributed by atoms with Crippen LogP contribution in [0.2, 0.25) is 0 Å². The van der Waals surface area contributed by atoms with Crippen molar-refractivity contribution in [3.8, 4) is 0 Å². The van der Waals surface area contributed by atoms with Crippen LogP contribution in [-0.4, -0.2) is 49.1 Å². The molecule has 0 aliphatic carbocycles. The maximum Gasteiger partial charge on any atom is 0.246 e. The molecular weight excluding hydrogens is 220 g/mol. The molecule has 98 valence electrons. The van der Waals surface area contributed by atoms with Crippen molar-refractivity contribution in [1.82, 2.24) is 10.2 Å². The summed E-state index contributed by atoms with van der Waals surface area (Å²) in [5.41, 5.74) is -0.188. The number of carbonyl (C=O) groups excluding carboxylic acids is 2. The molecule has 0 bridgehead atoms. The third kappa shape index (κ3) is 3.78. The van der Waals surface area contributed by atoms with Crippen LogP contribution < -0.4 is 5.32 Å². The van der Waals surface area contributed by atoms with Crippen molar-refractivity contribution in [2.75, 3.05) is 20.7 Å². The van der Waals surface area contributed by atoms with Crippen molar-refractivity contribution in [2.24, 2.45) is 0 Å². The van der Waals surface area contributed by atoms with E-state index in [-0.39, 0.29) is 23.5 Å². The summed E-state index contributed by atoms with van der Waals surface area (Å²) in [5, 5.41) is 3.19. The van der Waals surface area contributed by atoms with E-state index in [0.29, 0.717) is 19.4 Å². The van der Waals surface area contributed by atoms with Gasteiger partial charge in [-0.15, -0.1) is 0 Å². The van der Waals surface area contributed by atoms with Gasteiger partial charge in [0, 0.05) is 20.6 Å². The van der Waals surface area contributed by atoms with Crippen molar-refractivity contribution in [3.63, 3.8) is 0 Å². The van der Waals surface area contributed by atoms with Crippen molar-refractivity contribution < 1.29 is 14.3 Å². The molecular formula is C12H22N2O3. The van der Waals surface area contributed by atoms with Gasteiger partial charge in [-0.25, -0.2) is 0 Å². The van der Waals surface area contributed by atoms with Crippen LogP contribution in [0.25, 0.3) is 0 Å². The number of nitrogens with zero attached hydrogens (tertiary/aromatic N) is 1. The predicted molar refractivity (Wildman–Crippen MR) is 64.5 cm³/mol. The molecule has 1 saturated heterocycles. The summed E-state index contributed by atoms with van der Waals surface area (Å²) >= 11 is 0. The van der Waals surface area contributed by atoms with Crippen LogP contribution in [0.3, 0.4) is 0 Å². The first kappa shape index (κ1) is 14.1. The van der Waals surface area contributed by atoms with E-state index in [4.69, 9.17) is 4.74 Å². The van der Waals surface area contributed by atoms with Gasteiger partial charge in [0.25, 0.3) is 0 Å². The van der Waals surface area contributed by atoms with Gasteiger partial charge in [-0.2, -0.15) is 0 Å². The number of amides is 2. The highest BCUT2D eigenvalue weighted by Gasteiger charge is 2.31. The standard InChI is InChI=1S/C12H22N2O3/c1-12(2,17-4)7-8-13-9-5-6-10(15)14(3)11(9)16/h9,13H,5-8H2,1-4H3. The zero-order valence-corrected chi connectivity index (χ0v) is 11.1. The minimum absolute atomic E-state index is 0.0923. The Hall–Kier alpha value is -0.940. The highest BCUT2D eigenvalue weighted by Crippen LogP contribution is 2.14. The second kappa shape index (κ2) is 5.60. The maximum atomic E-state index is 11.8. The number of imide groups is 1. The number of carbonyl (C=O) groups is 2. The molecule has 17 heavy (non-hydrogen) atoms. The van der Waals surface area contributed by atoms with Gasteiger partial charge in [-0.05, 0) is 33.2 Å². The number of ether oxygens (including phenoxy) is 1. The van der Waals surface area contributed by atoms with Crippen LogP contribution in [0, 0.1) is 0 Å². The molecule has 0 saturated carbocycles. The van der Waals surface area contributed by atoms with Gasteiger partial charge in [0.1, 0.15) is 0 Å². The highest BCUT2D eigenvalue weighted by molar-refractivity contribution is 6.00. The van der Waals surface area contributed by atoms with E-state index in [2.05, 4.69) is 5.32 Å². The van der Waals surface area contributed by atoms with Crippen LogP contribution in [0.15, 0.2) is 0 Å². The van der Waals surface area contributed by atoms with Crippen molar-refractivity contribution in [1.29, 1.82) is 0 Å². The SMILES string of the molecule is COC(C)(C)CCNC1CCC(=O)N(C)C1=O. The minimum atomic E-state index is -0.231. The van der Waals surface area contributed by atoms with E-state index in [1.165, 1.54) is 11.9 Å². The maximum absolute atomic E-state index is 11.8. The zero-order chi connectivity index (χ0) is 13.1. The van der Waals surface area contributed by atoms with Crippen LogP contribution in [0.1, 0.15) is 33.1 Å². The molecule has 0 radical (unpaired) electrons. The number of likely N-dealkylation sites (N-methyl/N-ethyl adjacent to an activating group) is 1. The predicted octanol–water partition coefficient (Wildman–Crippen LogP) is 0.539. The summed E-state index contributed by atoms with van der Waals surface area (Å²) in [5.74, 6) is -0.221. The lowest BCUT2D eigenvalue weighted by molar-refractivity contribution is -0.148. The van der Waals surface area contributed by atoms with Gasteiger partial charge in [-0.3, -0.25) is 14.5 Å². The van der Waals surface area contributed by atoms with E-state index >= 15 is 0 Å². The Kier molecular flexibility index (Phi) is 4.65. The van der Waals surface area contributed by atoms with Crippen molar-refractivity contribution in [2.45, 2.75) is 44.8 Å². The molecule has 1 fully saturated rings. The van der Waals surface area contributed by atoms with Crippen molar-refractivity contribution >= 4 is 11.8 Å². The minimum Gasteiger partial charge on any atom is -0.379 e. The van der Waals surface area contributed by atoms with Gasteiger partial charge in [-0.1, -0.05) is 0 Å². The first-order valence-corrected chi connectivity index (χ1v) is 5.96. The normalized spacial score (nSPS) is 22.1. The average molecular weight is 242 g/mol. The quantitative estimate of drug-likeness (QED) is 0.715. The molecule has 1 heterocycles. The summed E-state index contributed by atoms with van der Waals surface area (Å²) in [6, 6.07) is -0.231. The van der Waals surface area contributed by atoms with E-state index in [0.717, 1.165) is 6.42 Å². The number of piperidine rings is 1. The number of methoxy groups -OCH3 is 1. The fourth-order valence-electron chi connectivity index (χ4n) is 1.75. The van der Waals surface area contributed by atoms with Gasteiger partial charge in [0.05, 0.1) is 11.6 Å². The molecule has 0 spiro atoms. The molecule has 1 aliphatic rings. The summed E-state index contributed by atoms with van der Waals surface area (Å²) < 4.78 is 5.30. The van der Waals surface area contributed by atoms with Crippen molar-refractivity contribution in [3.05, 3.63) is 0 Å². The van der Waals surface area contributed by atoms with E-state index in [1.54, 1.807) is 7.11 Å². The number of likely N-dealkylation sites (tertiary alicyclic amines) is 1. The third-order valence-electron chi connectivity index (χ3n) is 3.32. The fourth-order valence-corrected chi connectivity index (χ4v) is 1.75. The van der Waals surface area contributed by atoms with E-state index in [9.17, 15) is 9.59 Å². The first-order chi connectivity index (χ1) is 7.87. The van der Waals surface area contributed by atoms with Gasteiger partial charge in [0.15, 0.2) is 0 Å². The Morgan fingerprint density at radius 1 is 1.47 bits per heavy atom. The number of rotatable bonds is 5. The second-order valence-corrected chi connectivity index (χ2v) is 5.05.